The zero-order valence-corrected chi connectivity index (χ0v) is 14.7. The Morgan fingerprint density at radius 1 is 1.08 bits per heavy atom. The molecule has 0 saturated carbocycles. The largest absolute Gasteiger partial charge is 0.494 e. The standard InChI is InChI=1S/C21H20FNO3/c1-14(16-8-10-20(25-2)19(22)12-16)23-21(24)13-26-18-9-7-15-5-3-4-6-17(15)11-18/h3-12,14H,13H2,1-2H3,(H,23,24)/t14-/m1/s1. The maximum absolute atomic E-state index is 13.8. The van der Waals surface area contributed by atoms with Crippen molar-refractivity contribution in [2.24, 2.45) is 0 Å². The first-order valence-electron chi connectivity index (χ1n) is 8.31. The van der Waals surface area contributed by atoms with Gasteiger partial charge in [0, 0.05) is 0 Å². The molecular weight excluding hydrogens is 333 g/mol. The van der Waals surface area contributed by atoms with Crippen LogP contribution in [-0.4, -0.2) is 19.6 Å². The molecule has 0 bridgehead atoms. The molecular formula is C21H20FNO3. The fraction of sp³-hybridized carbons (Fsp3) is 0.190. The van der Waals surface area contributed by atoms with E-state index in [0.717, 1.165) is 10.8 Å². The summed E-state index contributed by atoms with van der Waals surface area (Å²) >= 11 is 0. The zero-order chi connectivity index (χ0) is 18.5. The molecule has 0 radical (unpaired) electrons. The van der Waals surface area contributed by atoms with Crippen molar-refractivity contribution >= 4 is 16.7 Å². The third kappa shape index (κ3) is 4.11. The molecule has 0 saturated heterocycles. The van der Waals surface area contributed by atoms with E-state index in [4.69, 9.17) is 9.47 Å². The smallest absolute Gasteiger partial charge is 0.258 e. The van der Waals surface area contributed by atoms with Crippen molar-refractivity contribution in [2.75, 3.05) is 13.7 Å². The van der Waals surface area contributed by atoms with Crippen LogP contribution in [0.2, 0.25) is 0 Å². The number of carbonyl (C=O) groups is 1. The fourth-order valence-corrected chi connectivity index (χ4v) is 2.72. The summed E-state index contributed by atoms with van der Waals surface area (Å²) in [5.74, 6) is 0.0642. The maximum Gasteiger partial charge on any atom is 0.258 e. The highest BCUT2D eigenvalue weighted by molar-refractivity contribution is 5.84. The van der Waals surface area contributed by atoms with E-state index in [1.54, 1.807) is 19.1 Å². The highest BCUT2D eigenvalue weighted by Gasteiger charge is 2.13. The molecule has 4 nitrogen and oxygen atoms in total. The average Bonchev–Trinajstić information content (AvgIpc) is 2.66. The first-order chi connectivity index (χ1) is 12.6. The lowest BCUT2D eigenvalue weighted by atomic mass is 10.1. The van der Waals surface area contributed by atoms with Crippen LogP contribution in [0.5, 0.6) is 11.5 Å². The van der Waals surface area contributed by atoms with E-state index >= 15 is 0 Å². The van der Waals surface area contributed by atoms with Gasteiger partial charge < -0.3 is 14.8 Å². The first kappa shape index (κ1) is 17.7. The topological polar surface area (TPSA) is 47.6 Å². The molecule has 0 unspecified atom stereocenters. The normalized spacial score (nSPS) is 11.8. The van der Waals surface area contributed by atoms with Crippen LogP contribution in [0.1, 0.15) is 18.5 Å². The molecule has 0 aliphatic rings. The minimum Gasteiger partial charge on any atom is -0.494 e. The second kappa shape index (κ2) is 7.87. The summed E-state index contributed by atoms with van der Waals surface area (Å²) in [7, 11) is 1.41. The summed E-state index contributed by atoms with van der Waals surface area (Å²) in [6.45, 7) is 1.68. The van der Waals surface area contributed by atoms with Crippen molar-refractivity contribution in [2.45, 2.75) is 13.0 Å². The van der Waals surface area contributed by atoms with Gasteiger partial charge in [-0.3, -0.25) is 4.79 Å². The summed E-state index contributed by atoms with van der Waals surface area (Å²) in [5.41, 5.74) is 0.655. The minimum atomic E-state index is -0.460. The monoisotopic (exact) mass is 353 g/mol. The molecule has 1 amide bonds. The Balaban J connectivity index is 1.58. The molecule has 0 aliphatic carbocycles. The second-order valence-corrected chi connectivity index (χ2v) is 5.98. The summed E-state index contributed by atoms with van der Waals surface area (Å²) in [6.07, 6.45) is 0. The number of amides is 1. The van der Waals surface area contributed by atoms with E-state index in [1.165, 1.54) is 13.2 Å². The Morgan fingerprint density at radius 2 is 1.85 bits per heavy atom. The Labute approximate surface area is 151 Å². The lowest BCUT2D eigenvalue weighted by molar-refractivity contribution is -0.123. The Bertz CT molecular complexity index is 926. The highest BCUT2D eigenvalue weighted by Crippen LogP contribution is 2.22. The van der Waals surface area contributed by atoms with Gasteiger partial charge in [-0.05, 0) is 47.5 Å². The molecule has 1 N–H and O–H groups in total. The molecule has 134 valence electrons. The van der Waals surface area contributed by atoms with E-state index in [1.807, 2.05) is 42.5 Å². The molecule has 26 heavy (non-hydrogen) atoms. The van der Waals surface area contributed by atoms with Gasteiger partial charge in [0.05, 0.1) is 13.2 Å². The number of rotatable bonds is 6. The SMILES string of the molecule is COc1ccc([C@@H](C)NC(=O)COc2ccc3ccccc3c2)cc1F. The molecule has 0 heterocycles. The first-order valence-corrected chi connectivity index (χ1v) is 8.31. The Morgan fingerprint density at radius 3 is 2.58 bits per heavy atom. The van der Waals surface area contributed by atoms with Crippen LogP contribution in [0.15, 0.2) is 60.7 Å². The van der Waals surface area contributed by atoms with Crippen molar-refractivity contribution in [3.63, 3.8) is 0 Å². The molecule has 0 spiro atoms. The van der Waals surface area contributed by atoms with Crippen LogP contribution in [-0.2, 0) is 4.79 Å². The zero-order valence-electron chi connectivity index (χ0n) is 14.7. The number of fused-ring (bicyclic) bond motifs is 1. The molecule has 3 aromatic carbocycles. The van der Waals surface area contributed by atoms with Gasteiger partial charge in [-0.1, -0.05) is 36.4 Å². The van der Waals surface area contributed by atoms with E-state index < -0.39 is 5.82 Å². The van der Waals surface area contributed by atoms with Gasteiger partial charge in [0.25, 0.3) is 5.91 Å². The number of ether oxygens (including phenoxy) is 2. The van der Waals surface area contributed by atoms with E-state index in [-0.39, 0.29) is 24.3 Å². The molecule has 3 aromatic rings. The number of carbonyl (C=O) groups excluding carboxylic acids is 1. The molecule has 1 atom stereocenters. The van der Waals surface area contributed by atoms with E-state index in [2.05, 4.69) is 5.32 Å². The van der Waals surface area contributed by atoms with Crippen LogP contribution in [0.25, 0.3) is 10.8 Å². The van der Waals surface area contributed by atoms with Gasteiger partial charge in [0.2, 0.25) is 0 Å². The van der Waals surface area contributed by atoms with Crippen molar-refractivity contribution in [3.8, 4) is 11.5 Å². The average molecular weight is 353 g/mol. The van der Waals surface area contributed by atoms with Crippen LogP contribution < -0.4 is 14.8 Å². The number of methoxy groups -OCH3 is 1. The van der Waals surface area contributed by atoms with Gasteiger partial charge in [-0.25, -0.2) is 4.39 Å². The number of hydrogen-bond donors (Lipinski definition) is 1. The third-order valence-corrected chi connectivity index (χ3v) is 4.14. The van der Waals surface area contributed by atoms with Crippen LogP contribution in [0.3, 0.4) is 0 Å². The maximum atomic E-state index is 13.8. The summed E-state index contributed by atoms with van der Waals surface area (Å²) in [6, 6.07) is 17.9. The molecule has 5 heteroatoms. The third-order valence-electron chi connectivity index (χ3n) is 4.14. The van der Waals surface area contributed by atoms with Gasteiger partial charge in [0.15, 0.2) is 18.2 Å². The van der Waals surface area contributed by atoms with Gasteiger partial charge in [-0.2, -0.15) is 0 Å². The summed E-state index contributed by atoms with van der Waals surface area (Å²) in [4.78, 5) is 12.1. The summed E-state index contributed by atoms with van der Waals surface area (Å²) in [5, 5.41) is 4.96. The lowest BCUT2D eigenvalue weighted by Crippen LogP contribution is -2.31. The molecule has 0 aliphatic heterocycles. The molecule has 0 aromatic heterocycles. The van der Waals surface area contributed by atoms with Crippen molar-refractivity contribution in [1.82, 2.24) is 5.32 Å². The lowest BCUT2D eigenvalue weighted by Gasteiger charge is -2.15. The van der Waals surface area contributed by atoms with Crippen molar-refractivity contribution in [3.05, 3.63) is 72.0 Å². The quantitative estimate of drug-likeness (QED) is 0.721. The predicted molar refractivity (Wildman–Crippen MR) is 99.0 cm³/mol. The van der Waals surface area contributed by atoms with Crippen LogP contribution in [0, 0.1) is 5.82 Å². The minimum absolute atomic E-state index is 0.110. The van der Waals surface area contributed by atoms with Gasteiger partial charge in [-0.15, -0.1) is 0 Å². The molecule has 0 fully saturated rings. The number of nitrogens with one attached hydrogen (secondary N) is 1. The van der Waals surface area contributed by atoms with Gasteiger partial charge in [0.1, 0.15) is 5.75 Å². The number of benzene rings is 3. The Kier molecular flexibility index (Phi) is 5.37. The van der Waals surface area contributed by atoms with Crippen LogP contribution in [0.4, 0.5) is 4.39 Å². The highest BCUT2D eigenvalue weighted by atomic mass is 19.1. The fourth-order valence-electron chi connectivity index (χ4n) is 2.72. The molecule has 3 rings (SSSR count). The van der Waals surface area contributed by atoms with E-state index in [0.29, 0.717) is 11.3 Å². The number of halogens is 1. The van der Waals surface area contributed by atoms with E-state index in [9.17, 15) is 9.18 Å². The Hall–Kier alpha value is -3.08. The van der Waals surface area contributed by atoms with Gasteiger partial charge >= 0.3 is 0 Å². The second-order valence-electron chi connectivity index (χ2n) is 5.98. The van der Waals surface area contributed by atoms with Crippen molar-refractivity contribution < 1.29 is 18.7 Å². The van der Waals surface area contributed by atoms with Crippen LogP contribution >= 0.6 is 0 Å². The summed E-state index contributed by atoms with van der Waals surface area (Å²) < 4.78 is 24.2. The number of hydrogen-bond acceptors (Lipinski definition) is 3. The van der Waals surface area contributed by atoms with Crippen molar-refractivity contribution in [1.29, 1.82) is 0 Å². The predicted octanol–water partition coefficient (Wildman–Crippen LogP) is 4.24.